The van der Waals surface area contributed by atoms with Crippen molar-refractivity contribution < 1.29 is 9.90 Å². The Labute approximate surface area is 85.3 Å². The third-order valence-electron chi connectivity index (χ3n) is 3.02. The Bertz CT molecular complexity index is 285. The highest BCUT2D eigenvalue weighted by Crippen LogP contribution is 2.41. The van der Waals surface area contributed by atoms with Gasteiger partial charge in [0.2, 0.25) is 0 Å². The van der Waals surface area contributed by atoms with Crippen LogP contribution in [0, 0.1) is 11.3 Å². The molecule has 14 heavy (non-hydrogen) atoms. The van der Waals surface area contributed by atoms with Gasteiger partial charge in [-0.15, -0.1) is 0 Å². The molecule has 1 rings (SSSR count). The lowest BCUT2D eigenvalue weighted by molar-refractivity contribution is -0.131. The van der Waals surface area contributed by atoms with Crippen LogP contribution < -0.4 is 0 Å². The van der Waals surface area contributed by atoms with E-state index in [4.69, 9.17) is 5.11 Å². The monoisotopic (exact) mass is 194 g/mol. The summed E-state index contributed by atoms with van der Waals surface area (Å²) < 4.78 is 0. The molecule has 0 radical (unpaired) electrons. The minimum atomic E-state index is -0.862. The number of hydrogen-bond donors (Lipinski definition) is 1. The van der Waals surface area contributed by atoms with Crippen molar-refractivity contribution in [3.8, 4) is 0 Å². The van der Waals surface area contributed by atoms with E-state index in [1.54, 1.807) is 0 Å². The summed E-state index contributed by atoms with van der Waals surface area (Å²) in [7, 11) is 0. The van der Waals surface area contributed by atoms with Gasteiger partial charge in [-0.2, -0.15) is 0 Å². The maximum atomic E-state index is 10.5. The Morgan fingerprint density at radius 3 is 2.79 bits per heavy atom. The topological polar surface area (TPSA) is 37.3 Å². The van der Waals surface area contributed by atoms with Crippen LogP contribution in [0.2, 0.25) is 0 Å². The summed E-state index contributed by atoms with van der Waals surface area (Å²) in [6, 6.07) is 0. The van der Waals surface area contributed by atoms with Gasteiger partial charge in [0.15, 0.2) is 0 Å². The Balaban J connectivity index is 2.86. The van der Waals surface area contributed by atoms with Crippen LogP contribution >= 0.6 is 0 Å². The summed E-state index contributed by atoms with van der Waals surface area (Å²) in [5.74, 6) is -0.591. The fraction of sp³-hybridized carbons (Fsp3) is 0.583. The quantitative estimate of drug-likeness (QED) is 0.542. The zero-order valence-electron chi connectivity index (χ0n) is 9.08. The first kappa shape index (κ1) is 11.0. The molecule has 1 N–H and O–H groups in total. The Morgan fingerprint density at radius 2 is 2.29 bits per heavy atom. The van der Waals surface area contributed by atoms with Crippen molar-refractivity contribution in [2.24, 2.45) is 11.3 Å². The molecule has 0 bridgehead atoms. The minimum absolute atomic E-state index is 0.185. The maximum absolute atomic E-state index is 10.5. The normalized spacial score (nSPS) is 26.2. The van der Waals surface area contributed by atoms with E-state index in [0.29, 0.717) is 0 Å². The standard InChI is InChI=1S/C12H18O2/c1-9-5-4-8-12(2,3)10(9)6-7-11(13)14/h5-7,10H,4,8H2,1-3H3,(H,13,14)/b7-6+/t10-/m0/s1. The summed E-state index contributed by atoms with van der Waals surface area (Å²) in [6.45, 7) is 6.47. The number of carboxylic acid groups (broad SMARTS) is 1. The summed E-state index contributed by atoms with van der Waals surface area (Å²) >= 11 is 0. The molecule has 0 heterocycles. The van der Waals surface area contributed by atoms with E-state index in [1.807, 2.05) is 6.08 Å². The van der Waals surface area contributed by atoms with Gasteiger partial charge < -0.3 is 5.11 Å². The van der Waals surface area contributed by atoms with Gasteiger partial charge in [-0.1, -0.05) is 31.6 Å². The zero-order chi connectivity index (χ0) is 10.8. The van der Waals surface area contributed by atoms with Crippen molar-refractivity contribution in [2.75, 3.05) is 0 Å². The van der Waals surface area contributed by atoms with Gasteiger partial charge in [0.05, 0.1) is 0 Å². The van der Waals surface area contributed by atoms with Crippen LogP contribution in [0.15, 0.2) is 23.8 Å². The highest BCUT2D eigenvalue weighted by atomic mass is 16.4. The number of allylic oxidation sites excluding steroid dienone is 3. The number of rotatable bonds is 2. The van der Waals surface area contributed by atoms with E-state index in [2.05, 4.69) is 26.8 Å². The lowest BCUT2D eigenvalue weighted by Gasteiger charge is -2.36. The van der Waals surface area contributed by atoms with Crippen LogP contribution in [0.25, 0.3) is 0 Å². The second-order valence-corrected chi connectivity index (χ2v) is 4.65. The highest BCUT2D eigenvalue weighted by molar-refractivity contribution is 5.79. The molecule has 1 aliphatic rings. The van der Waals surface area contributed by atoms with E-state index in [9.17, 15) is 4.79 Å². The molecular formula is C12H18O2. The summed E-state index contributed by atoms with van der Waals surface area (Å²) in [5, 5.41) is 8.59. The molecule has 0 aromatic rings. The largest absolute Gasteiger partial charge is 0.478 e. The molecule has 0 aromatic carbocycles. The molecular weight excluding hydrogens is 176 g/mol. The molecule has 0 aliphatic heterocycles. The van der Waals surface area contributed by atoms with Crippen LogP contribution in [0.5, 0.6) is 0 Å². The fourth-order valence-electron chi connectivity index (χ4n) is 2.16. The van der Waals surface area contributed by atoms with Crippen molar-refractivity contribution in [1.29, 1.82) is 0 Å². The van der Waals surface area contributed by atoms with E-state index in [-0.39, 0.29) is 11.3 Å². The average Bonchev–Trinajstić information content (AvgIpc) is 2.01. The molecule has 0 unspecified atom stereocenters. The molecule has 2 heteroatoms. The highest BCUT2D eigenvalue weighted by Gasteiger charge is 2.30. The summed E-state index contributed by atoms with van der Waals surface area (Å²) in [6.07, 6.45) is 7.51. The Morgan fingerprint density at radius 1 is 1.64 bits per heavy atom. The zero-order valence-corrected chi connectivity index (χ0v) is 9.08. The second-order valence-electron chi connectivity index (χ2n) is 4.65. The van der Waals surface area contributed by atoms with E-state index < -0.39 is 5.97 Å². The predicted molar refractivity (Wildman–Crippen MR) is 57.0 cm³/mol. The van der Waals surface area contributed by atoms with Crippen LogP contribution in [0.1, 0.15) is 33.6 Å². The van der Waals surface area contributed by atoms with Gasteiger partial charge in [0.25, 0.3) is 0 Å². The molecule has 78 valence electrons. The van der Waals surface area contributed by atoms with Crippen molar-refractivity contribution in [3.05, 3.63) is 23.8 Å². The van der Waals surface area contributed by atoms with Gasteiger partial charge in [-0.05, 0) is 25.2 Å². The molecule has 0 amide bonds. The van der Waals surface area contributed by atoms with E-state index in [1.165, 1.54) is 11.6 Å². The Kier molecular flexibility index (Phi) is 3.14. The molecule has 1 aliphatic carbocycles. The fourth-order valence-corrected chi connectivity index (χ4v) is 2.16. The molecule has 0 saturated heterocycles. The lowest BCUT2D eigenvalue weighted by Crippen LogP contribution is -2.26. The first-order chi connectivity index (χ1) is 6.43. The third-order valence-corrected chi connectivity index (χ3v) is 3.02. The number of hydrogen-bond acceptors (Lipinski definition) is 1. The number of carbonyl (C=O) groups is 1. The number of carboxylic acids is 1. The van der Waals surface area contributed by atoms with Crippen LogP contribution in [0.4, 0.5) is 0 Å². The SMILES string of the molecule is CC1=CCCC(C)(C)[C@H]1/C=C/C(=O)O. The van der Waals surface area contributed by atoms with Crippen molar-refractivity contribution in [1.82, 2.24) is 0 Å². The van der Waals surface area contributed by atoms with Gasteiger partial charge in [0.1, 0.15) is 0 Å². The molecule has 0 aromatic heterocycles. The minimum Gasteiger partial charge on any atom is -0.478 e. The smallest absolute Gasteiger partial charge is 0.327 e. The first-order valence-electron chi connectivity index (χ1n) is 5.01. The van der Waals surface area contributed by atoms with Gasteiger partial charge in [0, 0.05) is 12.0 Å². The molecule has 2 nitrogen and oxygen atoms in total. The van der Waals surface area contributed by atoms with Crippen LogP contribution in [-0.2, 0) is 4.79 Å². The molecule has 0 spiro atoms. The van der Waals surface area contributed by atoms with Crippen LogP contribution in [-0.4, -0.2) is 11.1 Å². The van der Waals surface area contributed by atoms with Gasteiger partial charge in [-0.3, -0.25) is 0 Å². The van der Waals surface area contributed by atoms with Crippen molar-refractivity contribution >= 4 is 5.97 Å². The van der Waals surface area contributed by atoms with Gasteiger partial charge >= 0.3 is 5.97 Å². The Hall–Kier alpha value is -1.05. The molecule has 0 saturated carbocycles. The predicted octanol–water partition coefficient (Wildman–Crippen LogP) is 3.01. The van der Waals surface area contributed by atoms with Gasteiger partial charge in [-0.25, -0.2) is 4.79 Å². The van der Waals surface area contributed by atoms with E-state index >= 15 is 0 Å². The summed E-state index contributed by atoms with van der Waals surface area (Å²) in [4.78, 5) is 10.5. The van der Waals surface area contributed by atoms with Crippen molar-refractivity contribution in [3.63, 3.8) is 0 Å². The first-order valence-corrected chi connectivity index (χ1v) is 5.01. The third kappa shape index (κ3) is 2.47. The molecule has 1 atom stereocenters. The van der Waals surface area contributed by atoms with Crippen molar-refractivity contribution in [2.45, 2.75) is 33.6 Å². The average molecular weight is 194 g/mol. The molecule has 0 fully saturated rings. The second kappa shape index (κ2) is 3.99. The van der Waals surface area contributed by atoms with Crippen LogP contribution in [0.3, 0.4) is 0 Å². The lowest BCUT2D eigenvalue weighted by atomic mass is 9.68. The summed E-state index contributed by atoms with van der Waals surface area (Å²) in [5.41, 5.74) is 1.48. The number of aliphatic carboxylic acids is 1. The maximum Gasteiger partial charge on any atom is 0.327 e. The van der Waals surface area contributed by atoms with E-state index in [0.717, 1.165) is 12.8 Å².